The number of rotatable bonds is 6. The molecule has 130 valence electrons. The Balaban J connectivity index is 2.24. The number of nitrogens with two attached hydrogens (primary N) is 1. The fourth-order valence-corrected chi connectivity index (χ4v) is 3.32. The number of alkyl halides is 3. The fraction of sp³-hybridized carbons (Fsp3) is 0.571. The Morgan fingerprint density at radius 2 is 1.96 bits per heavy atom. The van der Waals surface area contributed by atoms with E-state index in [1.807, 2.05) is 19.0 Å². The molecule has 0 saturated heterocycles. The van der Waals surface area contributed by atoms with Gasteiger partial charge in [-0.25, -0.2) is 13.6 Å². The zero-order valence-corrected chi connectivity index (χ0v) is 13.7. The van der Waals surface area contributed by atoms with Crippen molar-refractivity contribution in [2.75, 3.05) is 26.0 Å². The van der Waals surface area contributed by atoms with Crippen LogP contribution in [-0.4, -0.2) is 40.0 Å². The first-order valence-electron chi connectivity index (χ1n) is 7.14. The minimum Gasteiger partial charge on any atom is -0.383 e. The minimum absolute atomic E-state index is 0.220. The molecule has 1 aliphatic rings. The number of hydrogen-bond donors (Lipinski definition) is 2. The van der Waals surface area contributed by atoms with Crippen LogP contribution in [0.1, 0.15) is 18.4 Å². The summed E-state index contributed by atoms with van der Waals surface area (Å²) in [6.07, 6.45) is -2.57. The van der Waals surface area contributed by atoms with E-state index in [2.05, 4.69) is 5.32 Å². The average molecular weight is 351 g/mol. The topological polar surface area (TPSA) is 75.4 Å². The van der Waals surface area contributed by atoms with Gasteiger partial charge in [0.2, 0.25) is 10.0 Å². The second-order valence-electron chi connectivity index (χ2n) is 6.00. The highest BCUT2D eigenvalue weighted by Crippen LogP contribution is 2.37. The predicted octanol–water partition coefficient (Wildman–Crippen LogP) is 2.10. The van der Waals surface area contributed by atoms with Crippen LogP contribution in [0.3, 0.4) is 0 Å². The molecule has 1 aromatic carbocycles. The maximum absolute atomic E-state index is 13.1. The molecule has 1 atom stereocenters. The smallest absolute Gasteiger partial charge is 0.383 e. The molecule has 3 N–H and O–H groups in total. The number of nitrogens with one attached hydrogen (secondary N) is 1. The van der Waals surface area contributed by atoms with E-state index < -0.39 is 26.7 Å². The zero-order valence-electron chi connectivity index (χ0n) is 12.9. The highest BCUT2D eigenvalue weighted by molar-refractivity contribution is 7.89. The summed E-state index contributed by atoms with van der Waals surface area (Å²) >= 11 is 0. The lowest BCUT2D eigenvalue weighted by atomic mass is 10.1. The molecular formula is C14H20F3N3O2S. The molecule has 0 aliphatic heterocycles. The maximum Gasteiger partial charge on any atom is 0.417 e. The van der Waals surface area contributed by atoms with Crippen LogP contribution < -0.4 is 10.5 Å². The standard InChI is InChI=1S/C14H20F3N3O2S/c1-20(2)12(9-3-4-9)8-19-10-5-6-13(23(18,21)22)11(7-10)14(15,16)17/h5-7,9,12,19H,3-4,8H2,1-2H3,(H2,18,21,22). The minimum atomic E-state index is -4.79. The summed E-state index contributed by atoms with van der Waals surface area (Å²) in [7, 11) is -0.585. The molecule has 0 bridgehead atoms. The third-order valence-electron chi connectivity index (χ3n) is 3.94. The second kappa shape index (κ2) is 6.29. The van der Waals surface area contributed by atoms with Gasteiger partial charge >= 0.3 is 6.18 Å². The predicted molar refractivity (Wildman–Crippen MR) is 81.5 cm³/mol. The van der Waals surface area contributed by atoms with Gasteiger partial charge in [-0.05, 0) is 51.1 Å². The number of primary sulfonamides is 1. The number of likely N-dealkylation sites (N-methyl/N-ethyl adjacent to an activating group) is 1. The SMILES string of the molecule is CN(C)C(CNc1ccc(S(N)(=O)=O)c(C(F)(F)F)c1)C1CC1. The second-order valence-corrected chi connectivity index (χ2v) is 7.53. The Labute approximate surface area is 133 Å². The highest BCUT2D eigenvalue weighted by atomic mass is 32.2. The number of halogens is 3. The van der Waals surface area contributed by atoms with Gasteiger partial charge in [0.25, 0.3) is 0 Å². The Bertz CT molecular complexity index is 668. The van der Waals surface area contributed by atoms with Crippen LogP contribution in [0.5, 0.6) is 0 Å². The van der Waals surface area contributed by atoms with Gasteiger partial charge in [0.15, 0.2) is 0 Å². The highest BCUT2D eigenvalue weighted by Gasteiger charge is 2.37. The molecule has 1 aromatic rings. The van der Waals surface area contributed by atoms with Gasteiger partial charge in [0, 0.05) is 18.3 Å². The Morgan fingerprint density at radius 1 is 1.35 bits per heavy atom. The summed E-state index contributed by atoms with van der Waals surface area (Å²) in [5, 5.41) is 7.82. The van der Waals surface area contributed by atoms with E-state index in [0.717, 1.165) is 25.0 Å². The molecular weight excluding hydrogens is 331 g/mol. The zero-order chi connectivity index (χ0) is 17.4. The molecule has 1 fully saturated rings. The van der Waals surface area contributed by atoms with E-state index in [-0.39, 0.29) is 11.7 Å². The molecule has 0 aromatic heterocycles. The molecule has 0 spiro atoms. The molecule has 0 radical (unpaired) electrons. The molecule has 23 heavy (non-hydrogen) atoms. The van der Waals surface area contributed by atoms with E-state index in [0.29, 0.717) is 12.5 Å². The summed E-state index contributed by atoms with van der Waals surface area (Å²) in [6.45, 7) is 0.490. The Kier molecular flexibility index (Phi) is 4.93. The molecule has 1 saturated carbocycles. The molecule has 5 nitrogen and oxygen atoms in total. The van der Waals surface area contributed by atoms with Crippen LogP contribution in [0, 0.1) is 5.92 Å². The van der Waals surface area contributed by atoms with Crippen molar-refractivity contribution in [2.24, 2.45) is 11.1 Å². The normalized spacial score (nSPS) is 17.3. The van der Waals surface area contributed by atoms with Gasteiger partial charge in [-0.2, -0.15) is 13.2 Å². The Hall–Kier alpha value is -1.32. The summed E-state index contributed by atoms with van der Waals surface area (Å²) in [5.74, 6) is 0.545. The fourth-order valence-electron chi connectivity index (χ4n) is 2.58. The van der Waals surface area contributed by atoms with Crippen molar-refractivity contribution in [3.05, 3.63) is 23.8 Å². The van der Waals surface area contributed by atoms with Crippen molar-refractivity contribution in [1.29, 1.82) is 0 Å². The monoisotopic (exact) mass is 351 g/mol. The molecule has 1 aliphatic carbocycles. The average Bonchev–Trinajstić information content (AvgIpc) is 3.20. The summed E-state index contributed by atoms with van der Waals surface area (Å²) in [4.78, 5) is 1.12. The number of sulfonamides is 1. The summed E-state index contributed by atoms with van der Waals surface area (Å²) in [5.41, 5.74) is -1.03. The maximum atomic E-state index is 13.1. The van der Waals surface area contributed by atoms with Gasteiger partial charge in [-0.1, -0.05) is 0 Å². The molecule has 1 unspecified atom stereocenters. The quantitative estimate of drug-likeness (QED) is 0.823. The van der Waals surface area contributed by atoms with Crippen molar-refractivity contribution < 1.29 is 21.6 Å². The van der Waals surface area contributed by atoms with Crippen molar-refractivity contribution in [3.8, 4) is 0 Å². The van der Waals surface area contributed by atoms with Gasteiger partial charge in [0.1, 0.15) is 0 Å². The number of nitrogens with zero attached hydrogens (tertiary/aromatic N) is 1. The lowest BCUT2D eigenvalue weighted by molar-refractivity contribution is -0.139. The molecule has 0 amide bonds. The van der Waals surface area contributed by atoms with Crippen LogP contribution in [0.2, 0.25) is 0 Å². The van der Waals surface area contributed by atoms with Gasteiger partial charge in [-0.3, -0.25) is 0 Å². The first kappa shape index (κ1) is 18.0. The van der Waals surface area contributed by atoms with E-state index in [9.17, 15) is 21.6 Å². The van der Waals surface area contributed by atoms with Crippen molar-refractivity contribution in [1.82, 2.24) is 4.90 Å². The summed E-state index contributed by atoms with van der Waals surface area (Å²) in [6, 6.07) is 3.21. The lowest BCUT2D eigenvalue weighted by Gasteiger charge is -2.25. The van der Waals surface area contributed by atoms with Crippen LogP contribution in [0.25, 0.3) is 0 Å². The first-order valence-corrected chi connectivity index (χ1v) is 8.69. The van der Waals surface area contributed by atoms with E-state index >= 15 is 0 Å². The molecule has 0 heterocycles. The van der Waals surface area contributed by atoms with Gasteiger partial charge in [-0.15, -0.1) is 0 Å². The van der Waals surface area contributed by atoms with E-state index in [1.165, 1.54) is 6.07 Å². The number of anilines is 1. The van der Waals surface area contributed by atoms with Crippen LogP contribution in [0.4, 0.5) is 18.9 Å². The summed E-state index contributed by atoms with van der Waals surface area (Å²) < 4.78 is 61.8. The van der Waals surface area contributed by atoms with Gasteiger partial charge in [0.05, 0.1) is 10.5 Å². The molecule has 2 rings (SSSR count). The van der Waals surface area contributed by atoms with Crippen LogP contribution in [-0.2, 0) is 16.2 Å². The third kappa shape index (κ3) is 4.58. The van der Waals surface area contributed by atoms with E-state index in [4.69, 9.17) is 5.14 Å². The Morgan fingerprint density at radius 3 is 2.39 bits per heavy atom. The van der Waals surface area contributed by atoms with Crippen molar-refractivity contribution in [2.45, 2.75) is 30.0 Å². The largest absolute Gasteiger partial charge is 0.417 e. The van der Waals surface area contributed by atoms with Gasteiger partial charge < -0.3 is 10.2 Å². The van der Waals surface area contributed by atoms with E-state index in [1.54, 1.807) is 0 Å². The molecule has 9 heteroatoms. The lowest BCUT2D eigenvalue weighted by Crippen LogP contribution is -2.36. The van der Waals surface area contributed by atoms with Crippen LogP contribution >= 0.6 is 0 Å². The van der Waals surface area contributed by atoms with Crippen molar-refractivity contribution >= 4 is 15.7 Å². The first-order chi connectivity index (χ1) is 10.5. The van der Waals surface area contributed by atoms with Crippen LogP contribution in [0.15, 0.2) is 23.1 Å². The van der Waals surface area contributed by atoms with Crippen molar-refractivity contribution in [3.63, 3.8) is 0 Å². The number of hydrogen-bond acceptors (Lipinski definition) is 4. The third-order valence-corrected chi connectivity index (χ3v) is 4.91. The number of benzene rings is 1.